The Balaban J connectivity index is 1.58. The molecule has 0 saturated heterocycles. The Hall–Kier alpha value is -3.03. The number of carbonyl (C=O) groups excluding carboxylic acids is 1. The third-order valence-electron chi connectivity index (χ3n) is 4.52. The largest absolute Gasteiger partial charge is 0.494 e. The highest BCUT2D eigenvalue weighted by atomic mass is 35.5. The maximum Gasteiger partial charge on any atom is 0.266 e. The molecule has 32 heavy (non-hydrogen) atoms. The summed E-state index contributed by atoms with van der Waals surface area (Å²) >= 11 is 11.9. The molecule has 0 radical (unpaired) electrons. The summed E-state index contributed by atoms with van der Waals surface area (Å²) in [5, 5.41) is 7.93. The Labute approximate surface area is 195 Å². The zero-order valence-corrected chi connectivity index (χ0v) is 19.2. The van der Waals surface area contributed by atoms with Gasteiger partial charge in [-0.15, -0.1) is 0 Å². The van der Waals surface area contributed by atoms with Gasteiger partial charge in [0.2, 0.25) is 0 Å². The van der Waals surface area contributed by atoms with Gasteiger partial charge in [0, 0.05) is 23.2 Å². The monoisotopic (exact) mass is 475 g/mol. The van der Waals surface area contributed by atoms with Crippen molar-refractivity contribution >= 4 is 29.1 Å². The zero-order valence-electron chi connectivity index (χ0n) is 17.7. The number of nitrogens with one attached hydrogen (secondary N) is 1. The number of nitrogens with zero attached hydrogens (tertiary/aromatic N) is 2. The molecule has 0 fully saturated rings. The fraction of sp³-hybridized carbons (Fsp3) is 0.261. The van der Waals surface area contributed by atoms with Crippen LogP contribution >= 0.6 is 23.2 Å². The highest BCUT2D eigenvalue weighted by Crippen LogP contribution is 2.28. The molecule has 0 bridgehead atoms. The van der Waals surface area contributed by atoms with Crippen LogP contribution in [0.3, 0.4) is 0 Å². The summed E-state index contributed by atoms with van der Waals surface area (Å²) in [5.41, 5.74) is 1.24. The molecule has 0 saturated carbocycles. The third kappa shape index (κ3) is 6.24. The smallest absolute Gasteiger partial charge is 0.266 e. The van der Waals surface area contributed by atoms with E-state index in [-0.39, 0.29) is 24.6 Å². The molecule has 1 amide bonds. The van der Waals surface area contributed by atoms with Crippen molar-refractivity contribution in [3.63, 3.8) is 0 Å². The van der Waals surface area contributed by atoms with Crippen molar-refractivity contribution in [2.45, 2.75) is 26.5 Å². The fourth-order valence-corrected chi connectivity index (χ4v) is 3.35. The van der Waals surface area contributed by atoms with Gasteiger partial charge in [-0.25, -0.2) is 4.68 Å². The number of halogens is 2. The lowest BCUT2D eigenvalue weighted by molar-refractivity contribution is -0.127. The minimum Gasteiger partial charge on any atom is -0.494 e. The van der Waals surface area contributed by atoms with E-state index in [0.29, 0.717) is 28.1 Å². The number of ether oxygens (including phenoxy) is 2. The molecule has 0 spiro atoms. The van der Waals surface area contributed by atoms with Crippen LogP contribution < -0.4 is 20.3 Å². The predicted octanol–water partition coefficient (Wildman–Crippen LogP) is 4.20. The van der Waals surface area contributed by atoms with Crippen molar-refractivity contribution in [3.8, 4) is 22.8 Å². The molecule has 1 heterocycles. The van der Waals surface area contributed by atoms with Gasteiger partial charge >= 0.3 is 0 Å². The molecule has 1 unspecified atom stereocenters. The van der Waals surface area contributed by atoms with Gasteiger partial charge in [0.15, 0.2) is 6.10 Å². The van der Waals surface area contributed by atoms with Crippen molar-refractivity contribution in [1.29, 1.82) is 0 Å². The van der Waals surface area contributed by atoms with Crippen LogP contribution in [0.4, 0.5) is 0 Å². The second-order valence-corrected chi connectivity index (χ2v) is 7.71. The highest BCUT2D eigenvalue weighted by molar-refractivity contribution is 6.35. The van der Waals surface area contributed by atoms with E-state index in [1.165, 1.54) is 10.7 Å². The van der Waals surface area contributed by atoms with E-state index in [4.69, 9.17) is 32.7 Å². The Kier molecular flexibility index (Phi) is 8.14. The van der Waals surface area contributed by atoms with Gasteiger partial charge in [0.1, 0.15) is 11.5 Å². The third-order valence-corrected chi connectivity index (χ3v) is 5.05. The number of rotatable bonds is 9. The normalized spacial score (nSPS) is 11.6. The summed E-state index contributed by atoms with van der Waals surface area (Å²) < 4.78 is 12.4. The molecule has 0 aliphatic heterocycles. The number of aromatic nitrogens is 2. The van der Waals surface area contributed by atoms with Crippen LogP contribution in [-0.4, -0.2) is 34.9 Å². The van der Waals surface area contributed by atoms with Crippen LogP contribution in [0, 0.1) is 0 Å². The van der Waals surface area contributed by atoms with Gasteiger partial charge in [0.05, 0.1) is 23.9 Å². The molecule has 1 atom stereocenters. The van der Waals surface area contributed by atoms with E-state index in [0.717, 1.165) is 11.3 Å². The van der Waals surface area contributed by atoms with E-state index in [2.05, 4.69) is 10.4 Å². The summed E-state index contributed by atoms with van der Waals surface area (Å²) in [6.07, 6.45) is -0.784. The summed E-state index contributed by atoms with van der Waals surface area (Å²) in [6, 6.07) is 15.4. The van der Waals surface area contributed by atoms with Crippen molar-refractivity contribution in [1.82, 2.24) is 15.1 Å². The summed E-state index contributed by atoms with van der Waals surface area (Å²) in [4.78, 5) is 24.5. The van der Waals surface area contributed by atoms with E-state index in [1.54, 1.807) is 31.2 Å². The van der Waals surface area contributed by atoms with Gasteiger partial charge in [-0.05, 0) is 62.4 Å². The molecular formula is C23H23Cl2N3O4. The topological polar surface area (TPSA) is 82.5 Å². The molecule has 0 aliphatic rings. The van der Waals surface area contributed by atoms with Crippen LogP contribution in [0.25, 0.3) is 11.3 Å². The molecule has 1 N–H and O–H groups in total. The summed E-state index contributed by atoms with van der Waals surface area (Å²) in [6.45, 7) is 4.54. The number of carbonyl (C=O) groups is 1. The van der Waals surface area contributed by atoms with Gasteiger partial charge in [-0.1, -0.05) is 23.2 Å². The van der Waals surface area contributed by atoms with Gasteiger partial charge in [0.25, 0.3) is 11.5 Å². The standard InChI is InChI=1S/C23H23Cl2N3O4/c1-3-31-18-7-4-16(5-8-18)20-9-11-22(29)28(27-20)13-12-26-23(30)15(2)32-21-10-6-17(24)14-19(21)25/h4-11,14-15H,3,12-13H2,1-2H3,(H,26,30). The van der Waals surface area contributed by atoms with Crippen molar-refractivity contribution in [2.24, 2.45) is 0 Å². The van der Waals surface area contributed by atoms with Crippen LogP contribution in [0.15, 0.2) is 59.4 Å². The maximum atomic E-state index is 12.3. The molecule has 2 aromatic carbocycles. The zero-order chi connectivity index (χ0) is 23.1. The average Bonchev–Trinajstić information content (AvgIpc) is 2.77. The molecule has 9 heteroatoms. The average molecular weight is 476 g/mol. The first kappa shape index (κ1) is 23.6. The lowest BCUT2D eigenvalue weighted by Gasteiger charge is -2.16. The minimum absolute atomic E-state index is 0.209. The minimum atomic E-state index is -0.784. The van der Waals surface area contributed by atoms with Crippen LogP contribution in [0.2, 0.25) is 10.0 Å². The van der Waals surface area contributed by atoms with Gasteiger partial charge in [-0.2, -0.15) is 5.10 Å². The second kappa shape index (κ2) is 11.0. The van der Waals surface area contributed by atoms with Crippen LogP contribution in [0.1, 0.15) is 13.8 Å². The quantitative estimate of drug-likeness (QED) is 0.501. The van der Waals surface area contributed by atoms with Crippen molar-refractivity contribution < 1.29 is 14.3 Å². The lowest BCUT2D eigenvalue weighted by Crippen LogP contribution is -2.39. The molecule has 168 valence electrons. The molecule has 7 nitrogen and oxygen atoms in total. The van der Waals surface area contributed by atoms with Crippen molar-refractivity contribution in [2.75, 3.05) is 13.2 Å². The number of hydrogen-bond acceptors (Lipinski definition) is 5. The van der Waals surface area contributed by atoms with Crippen molar-refractivity contribution in [3.05, 3.63) is 75.0 Å². The van der Waals surface area contributed by atoms with E-state index >= 15 is 0 Å². The molecule has 3 aromatic rings. The SMILES string of the molecule is CCOc1ccc(-c2ccc(=O)n(CCNC(=O)C(C)Oc3ccc(Cl)cc3Cl)n2)cc1. The molecule has 1 aromatic heterocycles. The predicted molar refractivity (Wildman–Crippen MR) is 125 cm³/mol. The Bertz CT molecular complexity index is 1130. The first-order valence-corrected chi connectivity index (χ1v) is 10.8. The number of benzene rings is 2. The van der Waals surface area contributed by atoms with Gasteiger partial charge in [-0.3, -0.25) is 9.59 Å². The second-order valence-electron chi connectivity index (χ2n) is 6.86. The Morgan fingerprint density at radius 1 is 1.12 bits per heavy atom. The number of hydrogen-bond donors (Lipinski definition) is 1. The first-order valence-electron chi connectivity index (χ1n) is 10.1. The Morgan fingerprint density at radius 3 is 2.56 bits per heavy atom. The fourth-order valence-electron chi connectivity index (χ4n) is 2.90. The van der Waals surface area contributed by atoms with E-state index in [9.17, 15) is 9.59 Å². The molecular weight excluding hydrogens is 453 g/mol. The summed E-state index contributed by atoms with van der Waals surface area (Å²) in [5.74, 6) is 0.787. The van der Waals surface area contributed by atoms with E-state index in [1.807, 2.05) is 31.2 Å². The highest BCUT2D eigenvalue weighted by Gasteiger charge is 2.16. The lowest BCUT2D eigenvalue weighted by atomic mass is 10.1. The molecule has 3 rings (SSSR count). The summed E-state index contributed by atoms with van der Waals surface area (Å²) in [7, 11) is 0. The van der Waals surface area contributed by atoms with Crippen LogP contribution in [-0.2, 0) is 11.3 Å². The number of amides is 1. The van der Waals surface area contributed by atoms with Gasteiger partial charge < -0.3 is 14.8 Å². The molecule has 0 aliphatic carbocycles. The Morgan fingerprint density at radius 2 is 1.88 bits per heavy atom. The van der Waals surface area contributed by atoms with Crippen LogP contribution in [0.5, 0.6) is 11.5 Å². The van der Waals surface area contributed by atoms with E-state index < -0.39 is 6.10 Å². The maximum absolute atomic E-state index is 12.3. The first-order chi connectivity index (χ1) is 15.4.